The summed E-state index contributed by atoms with van der Waals surface area (Å²) in [6.45, 7) is 2.67. The number of hydrogen-bond donors (Lipinski definition) is 0. The van der Waals surface area contributed by atoms with Gasteiger partial charge in [0.25, 0.3) is 5.56 Å². The molecule has 0 saturated carbocycles. The Morgan fingerprint density at radius 1 is 1.16 bits per heavy atom. The molecule has 0 N–H and O–H groups in total. The van der Waals surface area contributed by atoms with Gasteiger partial charge in [-0.2, -0.15) is 0 Å². The van der Waals surface area contributed by atoms with Gasteiger partial charge in [0.05, 0.1) is 17.6 Å². The lowest BCUT2D eigenvalue weighted by Crippen LogP contribution is -2.34. The number of para-hydroxylation sites is 1. The molecule has 3 heterocycles. The smallest absolute Gasteiger partial charge is 0.267 e. The van der Waals surface area contributed by atoms with Gasteiger partial charge in [-0.15, -0.1) is 11.3 Å². The van der Waals surface area contributed by atoms with E-state index < -0.39 is 0 Å². The van der Waals surface area contributed by atoms with Gasteiger partial charge in [-0.1, -0.05) is 48.2 Å². The summed E-state index contributed by atoms with van der Waals surface area (Å²) in [5.74, 6) is 0.121. The average molecular weight is 466 g/mol. The number of carbonyl (C=O) groups excluding carboxylic acids is 1. The lowest BCUT2D eigenvalue weighted by Gasteiger charge is -2.25. The first-order chi connectivity index (χ1) is 15.5. The van der Waals surface area contributed by atoms with E-state index in [4.69, 9.17) is 4.98 Å². The quantitative estimate of drug-likeness (QED) is 0.321. The second kappa shape index (κ2) is 8.52. The zero-order chi connectivity index (χ0) is 22.2. The molecule has 0 saturated heterocycles. The topological polar surface area (TPSA) is 55.2 Å². The van der Waals surface area contributed by atoms with Gasteiger partial charge in [-0.25, -0.2) is 9.37 Å². The van der Waals surface area contributed by atoms with Gasteiger partial charge in [-0.05, 0) is 35.7 Å². The largest absolute Gasteiger partial charge is 0.337 e. The minimum absolute atomic E-state index is 0.0314. The summed E-state index contributed by atoms with van der Waals surface area (Å²) < 4.78 is 15.8. The molecule has 0 bridgehead atoms. The number of nitrogens with zero attached hydrogens (tertiary/aromatic N) is 3. The molecule has 0 spiro atoms. The fourth-order valence-corrected chi connectivity index (χ4v) is 6.23. The van der Waals surface area contributed by atoms with Crippen molar-refractivity contribution in [3.63, 3.8) is 0 Å². The van der Waals surface area contributed by atoms with Gasteiger partial charge in [0.15, 0.2) is 5.16 Å². The van der Waals surface area contributed by atoms with Crippen molar-refractivity contribution in [1.82, 2.24) is 14.5 Å². The summed E-state index contributed by atoms with van der Waals surface area (Å²) in [5, 5.41) is 1.16. The Bertz CT molecular complexity index is 1380. The third-order valence-electron chi connectivity index (χ3n) is 5.62. The Labute approximate surface area is 192 Å². The molecule has 32 heavy (non-hydrogen) atoms. The van der Waals surface area contributed by atoms with Crippen LogP contribution in [0.15, 0.2) is 64.5 Å². The number of aromatic nitrogens is 2. The highest BCUT2D eigenvalue weighted by atomic mass is 32.2. The van der Waals surface area contributed by atoms with E-state index in [0.29, 0.717) is 46.2 Å². The highest BCUT2D eigenvalue weighted by Crippen LogP contribution is 2.35. The SMILES string of the molecule is CC(=O)N1CCc2c(sc3nc(SCc4ccccc4F)n(-c4ccccc4)c(=O)c23)C1. The lowest BCUT2D eigenvalue weighted by molar-refractivity contribution is -0.129. The highest BCUT2D eigenvalue weighted by Gasteiger charge is 2.26. The normalized spacial score (nSPS) is 13.4. The van der Waals surface area contributed by atoms with Gasteiger partial charge in [0, 0.05) is 24.1 Å². The van der Waals surface area contributed by atoms with Crippen molar-refractivity contribution in [2.75, 3.05) is 6.54 Å². The lowest BCUT2D eigenvalue weighted by atomic mass is 10.1. The molecule has 5 rings (SSSR count). The van der Waals surface area contributed by atoms with Crippen molar-refractivity contribution in [3.8, 4) is 5.69 Å². The molecule has 8 heteroatoms. The van der Waals surface area contributed by atoms with Crippen molar-refractivity contribution in [2.24, 2.45) is 0 Å². The van der Waals surface area contributed by atoms with Crippen molar-refractivity contribution < 1.29 is 9.18 Å². The summed E-state index contributed by atoms with van der Waals surface area (Å²) >= 11 is 2.82. The van der Waals surface area contributed by atoms with E-state index in [1.54, 1.807) is 34.6 Å². The first-order valence-electron chi connectivity index (χ1n) is 10.3. The van der Waals surface area contributed by atoms with Crippen LogP contribution in [0.3, 0.4) is 0 Å². The van der Waals surface area contributed by atoms with Gasteiger partial charge < -0.3 is 4.90 Å². The maximum atomic E-state index is 14.2. The Morgan fingerprint density at radius 2 is 1.91 bits per heavy atom. The van der Waals surface area contributed by atoms with Crippen LogP contribution < -0.4 is 5.56 Å². The van der Waals surface area contributed by atoms with Crippen LogP contribution in [0.1, 0.15) is 22.9 Å². The number of fused-ring (bicyclic) bond motifs is 3. The molecule has 0 unspecified atom stereocenters. The number of thiophene rings is 1. The van der Waals surface area contributed by atoms with E-state index in [9.17, 15) is 14.0 Å². The van der Waals surface area contributed by atoms with Crippen LogP contribution in [-0.2, 0) is 23.5 Å². The Balaban J connectivity index is 1.64. The molecule has 0 radical (unpaired) electrons. The molecule has 4 aromatic rings. The first-order valence-corrected chi connectivity index (χ1v) is 12.1. The van der Waals surface area contributed by atoms with Crippen LogP contribution >= 0.6 is 23.1 Å². The number of rotatable bonds is 4. The van der Waals surface area contributed by atoms with Crippen LogP contribution in [0.4, 0.5) is 4.39 Å². The Kier molecular flexibility index (Phi) is 5.57. The van der Waals surface area contributed by atoms with Crippen molar-refractivity contribution in [2.45, 2.75) is 30.8 Å². The van der Waals surface area contributed by atoms with Crippen molar-refractivity contribution in [3.05, 3.63) is 86.8 Å². The predicted octanol–water partition coefficient (Wildman–Crippen LogP) is 4.78. The molecule has 162 valence electrons. The molecule has 0 aliphatic carbocycles. The second-order valence-corrected chi connectivity index (χ2v) is 9.65. The van der Waals surface area contributed by atoms with Crippen molar-refractivity contribution in [1.29, 1.82) is 0 Å². The van der Waals surface area contributed by atoms with Crippen LogP contribution in [0, 0.1) is 5.82 Å². The molecule has 1 amide bonds. The van der Waals surface area contributed by atoms with E-state index in [2.05, 4.69) is 0 Å². The Morgan fingerprint density at radius 3 is 2.66 bits per heavy atom. The molecular formula is C24H20FN3O2S2. The monoisotopic (exact) mass is 465 g/mol. The summed E-state index contributed by atoms with van der Waals surface area (Å²) in [6.07, 6.45) is 0.641. The van der Waals surface area contributed by atoms with Crippen LogP contribution in [-0.4, -0.2) is 26.9 Å². The van der Waals surface area contributed by atoms with E-state index in [-0.39, 0.29) is 17.3 Å². The molecule has 1 aliphatic heterocycles. The molecule has 2 aromatic carbocycles. The van der Waals surface area contributed by atoms with Gasteiger partial charge >= 0.3 is 0 Å². The van der Waals surface area contributed by atoms with E-state index >= 15 is 0 Å². The highest BCUT2D eigenvalue weighted by molar-refractivity contribution is 7.98. The van der Waals surface area contributed by atoms with Gasteiger partial charge in [0.1, 0.15) is 10.6 Å². The third kappa shape index (κ3) is 3.73. The fraction of sp³-hybridized carbons (Fsp3) is 0.208. The molecule has 2 aromatic heterocycles. The summed E-state index contributed by atoms with van der Waals surface area (Å²) in [6, 6.07) is 16.0. The average Bonchev–Trinajstić information content (AvgIpc) is 3.17. The van der Waals surface area contributed by atoms with Crippen LogP contribution in [0.2, 0.25) is 0 Å². The van der Waals surface area contributed by atoms with Crippen LogP contribution in [0.5, 0.6) is 0 Å². The second-order valence-electron chi connectivity index (χ2n) is 7.63. The number of thioether (sulfide) groups is 1. The molecule has 0 atom stereocenters. The van der Waals surface area contributed by atoms with Crippen LogP contribution in [0.25, 0.3) is 15.9 Å². The minimum Gasteiger partial charge on any atom is -0.337 e. The van der Waals surface area contributed by atoms with Crippen molar-refractivity contribution >= 4 is 39.2 Å². The minimum atomic E-state index is -0.273. The molecular weight excluding hydrogens is 445 g/mol. The van der Waals surface area contributed by atoms with Gasteiger partial charge in [0.2, 0.25) is 5.91 Å². The van der Waals surface area contributed by atoms with Gasteiger partial charge in [-0.3, -0.25) is 14.2 Å². The number of halogens is 1. The third-order valence-corrected chi connectivity index (χ3v) is 7.72. The maximum Gasteiger partial charge on any atom is 0.267 e. The number of hydrogen-bond acceptors (Lipinski definition) is 5. The van der Waals surface area contributed by atoms with E-state index in [1.807, 2.05) is 30.3 Å². The summed E-state index contributed by atoms with van der Waals surface area (Å²) in [4.78, 5) is 33.9. The number of carbonyl (C=O) groups is 1. The number of amides is 1. The fourth-order valence-electron chi connectivity index (χ4n) is 3.95. The Hall–Kier alpha value is -2.97. The zero-order valence-electron chi connectivity index (χ0n) is 17.4. The number of benzene rings is 2. The molecule has 5 nitrogen and oxygen atoms in total. The van der Waals surface area contributed by atoms with E-state index in [1.165, 1.54) is 29.2 Å². The standard InChI is InChI=1S/C24H20FN3O2S2/c1-15(29)27-12-11-18-20(13-27)32-22-21(18)23(30)28(17-8-3-2-4-9-17)24(26-22)31-14-16-7-5-6-10-19(16)25/h2-10H,11-14H2,1H3. The molecule has 1 aliphatic rings. The first kappa shape index (κ1) is 20.9. The predicted molar refractivity (Wildman–Crippen MR) is 126 cm³/mol. The summed E-state index contributed by atoms with van der Waals surface area (Å²) in [5.41, 5.74) is 2.17. The maximum absolute atomic E-state index is 14.2. The molecule has 0 fully saturated rings. The zero-order valence-corrected chi connectivity index (χ0v) is 19.0. The summed E-state index contributed by atoms with van der Waals surface area (Å²) in [7, 11) is 0. The van der Waals surface area contributed by atoms with E-state index in [0.717, 1.165) is 16.1 Å².